The van der Waals surface area contributed by atoms with Gasteiger partial charge in [-0.05, 0) is 31.4 Å². The van der Waals surface area contributed by atoms with Crippen molar-refractivity contribution < 1.29 is 13.0 Å². The van der Waals surface area contributed by atoms with E-state index in [2.05, 4.69) is 36.7 Å². The van der Waals surface area contributed by atoms with Crippen LogP contribution in [0.5, 0.6) is 0 Å². The van der Waals surface area contributed by atoms with Crippen LogP contribution in [0, 0.1) is 0 Å². The summed E-state index contributed by atoms with van der Waals surface area (Å²) < 4.78 is 29.8. The molecule has 1 aromatic rings. The molecule has 0 aliphatic carbocycles. The molecule has 0 aromatic carbocycles. The van der Waals surface area contributed by atoms with Crippen molar-refractivity contribution in [2.45, 2.75) is 226 Å². The van der Waals surface area contributed by atoms with E-state index in [0.29, 0.717) is 6.26 Å². The van der Waals surface area contributed by atoms with Crippen LogP contribution in [0.1, 0.15) is 219 Å². The molecule has 0 spiro atoms. The third-order valence-electron chi connectivity index (χ3n) is 9.21. The lowest BCUT2D eigenvalue weighted by Crippen LogP contribution is -2.02. The molecular weight excluding hydrogens is 575 g/mol. The molecule has 0 aliphatic rings. The Morgan fingerprint density at radius 2 is 0.756 bits per heavy atom. The van der Waals surface area contributed by atoms with Crippen molar-refractivity contribution in [3.05, 3.63) is 24.0 Å². The maximum absolute atomic E-state index is 9.08. The molecule has 1 rings (SSSR count). The van der Waals surface area contributed by atoms with Crippen LogP contribution < -0.4 is 0 Å². The number of hydrogen-bond acceptors (Lipinski definition) is 3. The first-order valence-corrected chi connectivity index (χ1v) is 21.7. The summed E-state index contributed by atoms with van der Waals surface area (Å²) in [7, 11) is -3.92. The summed E-state index contributed by atoms with van der Waals surface area (Å²) in [6.07, 6.45) is 49.2. The Kier molecular flexibility index (Phi) is 33.9. The van der Waals surface area contributed by atoms with Crippen LogP contribution in [0.4, 0.5) is 0 Å². The highest BCUT2D eigenvalue weighted by Gasteiger charge is 2.02. The highest BCUT2D eigenvalue weighted by Crippen LogP contribution is 2.17. The van der Waals surface area contributed by atoms with Gasteiger partial charge in [0.15, 0.2) is 0 Å². The van der Waals surface area contributed by atoms with Gasteiger partial charge in [0.1, 0.15) is 0 Å². The minimum Gasteiger partial charge on any atom is -0.748 e. The predicted octanol–water partition coefficient (Wildman–Crippen LogP) is 13.3. The van der Waals surface area contributed by atoms with Crippen LogP contribution in [0.3, 0.4) is 0 Å². The Morgan fingerprint density at radius 1 is 0.489 bits per heavy atom. The fraction of sp³-hybridized carbons (Fsp3) is 0.900. The SMILES string of the molecule is CCCCCCCCCCCCCCCCCCn1cccc1CCCCCCCCCCCCCCCCC.CS(=O)(=O)[O-]. The molecular formula is C40H78NO3S-. The zero-order valence-corrected chi connectivity index (χ0v) is 31.5. The third-order valence-corrected chi connectivity index (χ3v) is 9.21. The van der Waals surface area contributed by atoms with Gasteiger partial charge in [-0.1, -0.05) is 200 Å². The summed E-state index contributed by atoms with van der Waals surface area (Å²) in [6.45, 7) is 5.85. The molecule has 1 aromatic heterocycles. The van der Waals surface area contributed by atoms with Crippen LogP contribution in [-0.4, -0.2) is 23.8 Å². The van der Waals surface area contributed by atoms with Crippen molar-refractivity contribution in [2.75, 3.05) is 6.26 Å². The smallest absolute Gasteiger partial charge is 0.0916 e. The largest absolute Gasteiger partial charge is 0.748 e. The summed E-state index contributed by atoms with van der Waals surface area (Å²) >= 11 is 0. The quantitative estimate of drug-likeness (QED) is 0.0560. The zero-order chi connectivity index (χ0) is 33.1. The molecule has 0 saturated carbocycles. The summed E-state index contributed by atoms with van der Waals surface area (Å²) in [6, 6.07) is 4.64. The van der Waals surface area contributed by atoms with Gasteiger partial charge < -0.3 is 9.12 Å². The lowest BCUT2D eigenvalue weighted by atomic mass is 10.0. The summed E-state index contributed by atoms with van der Waals surface area (Å²) in [5, 5.41) is 0. The van der Waals surface area contributed by atoms with Crippen LogP contribution in [0.15, 0.2) is 18.3 Å². The first-order chi connectivity index (χ1) is 21.9. The molecule has 0 amide bonds. The molecule has 0 fully saturated rings. The fourth-order valence-electron chi connectivity index (χ4n) is 6.40. The van der Waals surface area contributed by atoms with E-state index in [9.17, 15) is 0 Å². The van der Waals surface area contributed by atoms with Crippen molar-refractivity contribution in [3.8, 4) is 0 Å². The highest BCUT2D eigenvalue weighted by atomic mass is 32.2. The second-order valence-corrected chi connectivity index (χ2v) is 15.3. The number of rotatable bonds is 33. The van der Waals surface area contributed by atoms with Gasteiger partial charge in [-0.15, -0.1) is 0 Å². The van der Waals surface area contributed by atoms with Crippen molar-refractivity contribution in [2.24, 2.45) is 0 Å². The normalized spacial score (nSPS) is 11.6. The van der Waals surface area contributed by atoms with E-state index in [1.54, 1.807) is 5.69 Å². The van der Waals surface area contributed by atoms with E-state index in [1.165, 1.54) is 212 Å². The second kappa shape index (κ2) is 34.5. The molecule has 0 atom stereocenters. The van der Waals surface area contributed by atoms with Crippen LogP contribution in [-0.2, 0) is 23.1 Å². The third kappa shape index (κ3) is 37.5. The molecule has 0 radical (unpaired) electrons. The zero-order valence-electron chi connectivity index (χ0n) is 30.6. The monoisotopic (exact) mass is 653 g/mol. The number of hydrogen-bond donors (Lipinski definition) is 0. The number of unbranched alkanes of at least 4 members (excludes halogenated alkanes) is 29. The summed E-state index contributed by atoms with van der Waals surface area (Å²) in [4.78, 5) is 0. The van der Waals surface area contributed by atoms with Gasteiger partial charge in [0, 0.05) is 24.7 Å². The van der Waals surface area contributed by atoms with Crippen LogP contribution in [0.2, 0.25) is 0 Å². The first-order valence-electron chi connectivity index (χ1n) is 19.9. The Hall–Kier alpha value is -0.810. The number of nitrogens with zero attached hydrogens (tertiary/aromatic N) is 1. The van der Waals surface area contributed by atoms with Gasteiger partial charge in [-0.3, -0.25) is 0 Å². The lowest BCUT2D eigenvalue weighted by molar-refractivity contribution is 0.470. The Balaban J connectivity index is 0.00000356. The number of aryl methyl sites for hydroxylation is 2. The van der Waals surface area contributed by atoms with Crippen LogP contribution in [0.25, 0.3) is 0 Å². The number of aromatic nitrogens is 1. The molecule has 0 bridgehead atoms. The van der Waals surface area contributed by atoms with Crippen molar-refractivity contribution in [3.63, 3.8) is 0 Å². The van der Waals surface area contributed by atoms with Gasteiger partial charge in [-0.2, -0.15) is 0 Å². The fourth-order valence-corrected chi connectivity index (χ4v) is 6.40. The average Bonchev–Trinajstić information content (AvgIpc) is 3.45. The van der Waals surface area contributed by atoms with E-state index in [1.807, 2.05) is 0 Å². The predicted molar refractivity (Wildman–Crippen MR) is 198 cm³/mol. The van der Waals surface area contributed by atoms with Crippen LogP contribution >= 0.6 is 0 Å². The van der Waals surface area contributed by atoms with E-state index >= 15 is 0 Å². The van der Waals surface area contributed by atoms with E-state index < -0.39 is 10.1 Å². The van der Waals surface area contributed by atoms with E-state index in [4.69, 9.17) is 13.0 Å². The lowest BCUT2D eigenvalue weighted by Gasteiger charge is -2.09. The molecule has 1 heterocycles. The summed E-state index contributed by atoms with van der Waals surface area (Å²) in [5.41, 5.74) is 1.58. The molecule has 4 nitrogen and oxygen atoms in total. The van der Waals surface area contributed by atoms with Gasteiger partial charge in [-0.25, -0.2) is 8.42 Å². The average molecular weight is 653 g/mol. The van der Waals surface area contributed by atoms with Gasteiger partial charge >= 0.3 is 0 Å². The van der Waals surface area contributed by atoms with Gasteiger partial charge in [0.2, 0.25) is 0 Å². The molecule has 0 unspecified atom stereocenters. The maximum atomic E-state index is 9.08. The van der Waals surface area contributed by atoms with Crippen molar-refractivity contribution >= 4 is 10.1 Å². The van der Waals surface area contributed by atoms with Crippen molar-refractivity contribution in [1.82, 2.24) is 4.57 Å². The molecule has 268 valence electrons. The van der Waals surface area contributed by atoms with E-state index in [-0.39, 0.29) is 0 Å². The second-order valence-electron chi connectivity index (χ2n) is 13.9. The van der Waals surface area contributed by atoms with Crippen molar-refractivity contribution in [1.29, 1.82) is 0 Å². The summed E-state index contributed by atoms with van der Waals surface area (Å²) in [5.74, 6) is 0. The molecule has 5 heteroatoms. The molecule has 0 saturated heterocycles. The molecule has 45 heavy (non-hydrogen) atoms. The minimum atomic E-state index is -3.92. The highest BCUT2D eigenvalue weighted by molar-refractivity contribution is 7.84. The van der Waals surface area contributed by atoms with Gasteiger partial charge in [0.05, 0.1) is 10.1 Å². The topological polar surface area (TPSA) is 62.1 Å². The molecule has 0 N–H and O–H groups in total. The first kappa shape index (κ1) is 44.2. The minimum absolute atomic E-state index is 0.604. The maximum Gasteiger partial charge on any atom is 0.0916 e. The molecule has 0 aliphatic heterocycles. The van der Waals surface area contributed by atoms with E-state index in [0.717, 1.165) is 0 Å². The van der Waals surface area contributed by atoms with Gasteiger partial charge in [0.25, 0.3) is 0 Å². The Morgan fingerprint density at radius 3 is 1.07 bits per heavy atom. The Labute approximate surface area is 283 Å². The standard InChI is InChI=1S/C39H75N.CH4O3S/c1-3-5-7-9-11-13-15-17-19-21-23-25-27-29-31-33-37-40-38-34-36-39(40)35-32-30-28-26-24-22-20-18-16-14-12-10-8-6-4-2;1-5(2,3)4/h34,36,38H,3-33,35,37H2,1-2H3;1H3,(H,2,3,4)/p-1. The Bertz CT molecular complexity index is 796.